The Morgan fingerprint density at radius 2 is 2.00 bits per heavy atom. The fraction of sp³-hybridized carbons (Fsp3) is 0.200. The molecule has 0 saturated carbocycles. The molecule has 2 rings (SSSR count). The molecule has 1 aliphatic heterocycles. The van der Waals surface area contributed by atoms with Crippen molar-refractivity contribution in [1.82, 2.24) is 5.32 Å². The van der Waals surface area contributed by atoms with Gasteiger partial charge in [0.2, 0.25) is 11.8 Å². The van der Waals surface area contributed by atoms with E-state index in [4.69, 9.17) is 5.73 Å². The predicted octanol–water partition coefficient (Wildman–Crippen LogP) is 0.399. The first-order valence-electron chi connectivity index (χ1n) is 4.36. The Morgan fingerprint density at radius 3 is 2.57 bits per heavy atom. The molecular formula is C10H10N2O2. The highest BCUT2D eigenvalue weighted by atomic mass is 16.2. The molecule has 3 N–H and O–H groups in total. The summed E-state index contributed by atoms with van der Waals surface area (Å²) in [4.78, 5) is 22.3. The van der Waals surface area contributed by atoms with Crippen molar-refractivity contribution in [3.8, 4) is 0 Å². The summed E-state index contributed by atoms with van der Waals surface area (Å²) < 4.78 is 0. The zero-order valence-corrected chi connectivity index (χ0v) is 7.49. The van der Waals surface area contributed by atoms with Crippen molar-refractivity contribution in [2.75, 3.05) is 5.73 Å². The van der Waals surface area contributed by atoms with Gasteiger partial charge in [0.1, 0.15) is 0 Å². The van der Waals surface area contributed by atoms with Crippen molar-refractivity contribution in [2.24, 2.45) is 0 Å². The van der Waals surface area contributed by atoms with Crippen LogP contribution in [0.3, 0.4) is 0 Å². The first-order chi connectivity index (χ1) is 6.68. The van der Waals surface area contributed by atoms with Crippen LogP contribution in [0.15, 0.2) is 24.3 Å². The van der Waals surface area contributed by atoms with Crippen LogP contribution in [0.1, 0.15) is 17.9 Å². The number of para-hydroxylation sites is 1. The number of nitrogens with two attached hydrogens (primary N) is 1. The molecule has 14 heavy (non-hydrogen) atoms. The number of hydrogen-bond acceptors (Lipinski definition) is 3. The summed E-state index contributed by atoms with van der Waals surface area (Å²) in [6, 6.07) is 7.11. The van der Waals surface area contributed by atoms with Crippen LogP contribution in [-0.4, -0.2) is 11.8 Å². The zero-order valence-electron chi connectivity index (χ0n) is 7.49. The minimum atomic E-state index is -0.413. The van der Waals surface area contributed by atoms with E-state index >= 15 is 0 Å². The Bertz CT molecular complexity index is 401. The Morgan fingerprint density at radius 1 is 1.29 bits per heavy atom. The monoisotopic (exact) mass is 190 g/mol. The zero-order chi connectivity index (χ0) is 10.1. The SMILES string of the molecule is Nc1ccccc1C1CC(=O)NC1=O. The summed E-state index contributed by atoms with van der Waals surface area (Å²) in [5, 5.41) is 2.26. The van der Waals surface area contributed by atoms with E-state index in [2.05, 4.69) is 5.32 Å². The Hall–Kier alpha value is -1.84. The lowest BCUT2D eigenvalue weighted by Gasteiger charge is -2.08. The van der Waals surface area contributed by atoms with E-state index in [-0.39, 0.29) is 18.2 Å². The van der Waals surface area contributed by atoms with Crippen LogP contribution in [0.5, 0.6) is 0 Å². The van der Waals surface area contributed by atoms with Gasteiger partial charge in [-0.1, -0.05) is 18.2 Å². The maximum atomic E-state index is 11.3. The van der Waals surface area contributed by atoms with Gasteiger partial charge in [-0.25, -0.2) is 0 Å². The van der Waals surface area contributed by atoms with Crippen molar-refractivity contribution < 1.29 is 9.59 Å². The van der Waals surface area contributed by atoms with Crippen LogP contribution < -0.4 is 11.1 Å². The van der Waals surface area contributed by atoms with Crippen molar-refractivity contribution in [2.45, 2.75) is 12.3 Å². The van der Waals surface area contributed by atoms with Gasteiger partial charge in [-0.05, 0) is 11.6 Å². The molecule has 0 radical (unpaired) electrons. The Labute approximate surface area is 81.1 Å². The number of nitrogens with one attached hydrogen (secondary N) is 1. The number of amides is 2. The van der Waals surface area contributed by atoms with Gasteiger partial charge in [0.25, 0.3) is 0 Å². The quantitative estimate of drug-likeness (QED) is 0.497. The lowest BCUT2D eigenvalue weighted by Crippen LogP contribution is -2.21. The van der Waals surface area contributed by atoms with E-state index in [0.717, 1.165) is 5.56 Å². The molecule has 72 valence electrons. The minimum Gasteiger partial charge on any atom is -0.398 e. The van der Waals surface area contributed by atoms with E-state index in [1.54, 1.807) is 18.2 Å². The van der Waals surface area contributed by atoms with Gasteiger partial charge in [-0.15, -0.1) is 0 Å². The van der Waals surface area contributed by atoms with Crippen molar-refractivity contribution in [3.05, 3.63) is 29.8 Å². The van der Waals surface area contributed by atoms with E-state index in [1.807, 2.05) is 6.07 Å². The number of benzene rings is 1. The molecule has 1 fully saturated rings. The number of carbonyl (C=O) groups is 2. The average Bonchev–Trinajstić information content (AvgIpc) is 2.46. The van der Waals surface area contributed by atoms with Crippen LogP contribution in [0.25, 0.3) is 0 Å². The molecule has 1 saturated heterocycles. The highest BCUT2D eigenvalue weighted by molar-refractivity contribution is 6.06. The summed E-state index contributed by atoms with van der Waals surface area (Å²) >= 11 is 0. The summed E-state index contributed by atoms with van der Waals surface area (Å²) in [6.45, 7) is 0. The normalized spacial score (nSPS) is 21.0. The first kappa shape index (κ1) is 8.74. The molecule has 0 aromatic heterocycles. The minimum absolute atomic E-state index is 0.201. The molecule has 4 heteroatoms. The molecule has 1 aromatic carbocycles. The molecule has 1 aliphatic rings. The van der Waals surface area contributed by atoms with Gasteiger partial charge in [-0.3, -0.25) is 14.9 Å². The third-order valence-electron chi connectivity index (χ3n) is 2.34. The smallest absolute Gasteiger partial charge is 0.234 e. The molecule has 0 aliphatic carbocycles. The molecule has 1 unspecified atom stereocenters. The lowest BCUT2D eigenvalue weighted by molar-refractivity contribution is -0.125. The predicted molar refractivity (Wildman–Crippen MR) is 51.4 cm³/mol. The number of nitrogen functional groups attached to an aromatic ring is 1. The van der Waals surface area contributed by atoms with Crippen LogP contribution >= 0.6 is 0 Å². The summed E-state index contributed by atoms with van der Waals surface area (Å²) in [6.07, 6.45) is 0.201. The van der Waals surface area contributed by atoms with Gasteiger partial charge in [0, 0.05) is 12.1 Å². The lowest BCUT2D eigenvalue weighted by atomic mass is 9.96. The topological polar surface area (TPSA) is 72.2 Å². The summed E-state index contributed by atoms with van der Waals surface area (Å²) in [5.74, 6) is -0.903. The van der Waals surface area contributed by atoms with Gasteiger partial charge >= 0.3 is 0 Å². The van der Waals surface area contributed by atoms with Gasteiger partial charge < -0.3 is 5.73 Å². The highest BCUT2D eigenvalue weighted by Gasteiger charge is 2.32. The first-order valence-corrected chi connectivity index (χ1v) is 4.36. The maximum Gasteiger partial charge on any atom is 0.234 e. The number of rotatable bonds is 1. The van der Waals surface area contributed by atoms with Crippen LogP contribution in [-0.2, 0) is 9.59 Å². The van der Waals surface area contributed by atoms with Crippen molar-refractivity contribution in [1.29, 1.82) is 0 Å². The van der Waals surface area contributed by atoms with E-state index in [0.29, 0.717) is 5.69 Å². The molecule has 4 nitrogen and oxygen atoms in total. The van der Waals surface area contributed by atoms with E-state index in [9.17, 15) is 9.59 Å². The second-order valence-corrected chi connectivity index (χ2v) is 3.30. The second kappa shape index (κ2) is 3.14. The Balaban J connectivity index is 2.36. The fourth-order valence-electron chi connectivity index (χ4n) is 1.63. The number of hydrogen-bond donors (Lipinski definition) is 2. The molecule has 1 aromatic rings. The highest BCUT2D eigenvalue weighted by Crippen LogP contribution is 2.28. The summed E-state index contributed by atoms with van der Waals surface area (Å²) in [7, 11) is 0. The van der Waals surface area contributed by atoms with Gasteiger partial charge in [0.05, 0.1) is 5.92 Å². The van der Waals surface area contributed by atoms with Crippen LogP contribution in [0.2, 0.25) is 0 Å². The number of imide groups is 1. The average molecular weight is 190 g/mol. The standard InChI is InChI=1S/C10H10N2O2/c11-8-4-2-1-3-6(8)7-5-9(13)12-10(7)14/h1-4,7H,5,11H2,(H,12,13,14). The maximum absolute atomic E-state index is 11.3. The van der Waals surface area contributed by atoms with E-state index in [1.165, 1.54) is 0 Å². The number of carbonyl (C=O) groups excluding carboxylic acids is 2. The molecule has 1 heterocycles. The molecule has 0 spiro atoms. The second-order valence-electron chi connectivity index (χ2n) is 3.30. The third kappa shape index (κ3) is 1.35. The molecular weight excluding hydrogens is 180 g/mol. The van der Waals surface area contributed by atoms with Crippen LogP contribution in [0, 0.1) is 0 Å². The van der Waals surface area contributed by atoms with Crippen molar-refractivity contribution >= 4 is 17.5 Å². The molecule has 1 atom stereocenters. The van der Waals surface area contributed by atoms with Gasteiger partial charge in [0.15, 0.2) is 0 Å². The van der Waals surface area contributed by atoms with Crippen molar-refractivity contribution in [3.63, 3.8) is 0 Å². The number of anilines is 1. The van der Waals surface area contributed by atoms with Crippen LogP contribution in [0.4, 0.5) is 5.69 Å². The third-order valence-corrected chi connectivity index (χ3v) is 2.34. The molecule has 0 bridgehead atoms. The fourth-order valence-corrected chi connectivity index (χ4v) is 1.63. The van der Waals surface area contributed by atoms with Gasteiger partial charge in [-0.2, -0.15) is 0 Å². The Kier molecular flexibility index (Phi) is 1.96. The largest absolute Gasteiger partial charge is 0.398 e. The molecule has 2 amide bonds. The van der Waals surface area contributed by atoms with E-state index < -0.39 is 5.92 Å². The summed E-state index contributed by atoms with van der Waals surface area (Å²) in [5.41, 5.74) is 7.01.